The summed E-state index contributed by atoms with van der Waals surface area (Å²) in [6.45, 7) is 6.77. The molecule has 0 aliphatic carbocycles. The first kappa shape index (κ1) is 14.3. The number of rotatable bonds is 3. The third-order valence-corrected chi connectivity index (χ3v) is 4.93. The van der Waals surface area contributed by atoms with E-state index in [0.717, 1.165) is 30.8 Å². The molecule has 3 rings (SSSR count). The summed E-state index contributed by atoms with van der Waals surface area (Å²) in [5, 5.41) is 8.70. The molecule has 21 heavy (non-hydrogen) atoms. The number of hydrogen-bond donors (Lipinski definition) is 0. The molecule has 1 saturated heterocycles. The van der Waals surface area contributed by atoms with Gasteiger partial charge in [0.05, 0.1) is 11.7 Å². The molecule has 2 aromatic rings. The number of aromatic nitrogens is 2. The summed E-state index contributed by atoms with van der Waals surface area (Å²) in [6.07, 6.45) is 2.14. The molecule has 0 unspecified atom stereocenters. The zero-order chi connectivity index (χ0) is 15.0. The van der Waals surface area contributed by atoms with Crippen LogP contribution in [0.25, 0.3) is 0 Å². The molecular formula is C16H21N3OS. The second-order valence-electron chi connectivity index (χ2n) is 5.79. The topological polar surface area (TPSA) is 38.1 Å². The van der Waals surface area contributed by atoms with Gasteiger partial charge < -0.3 is 4.90 Å². The molecule has 0 radical (unpaired) electrons. The van der Waals surface area contributed by atoms with E-state index in [9.17, 15) is 4.79 Å². The van der Waals surface area contributed by atoms with E-state index in [1.165, 1.54) is 5.56 Å². The van der Waals surface area contributed by atoms with E-state index in [2.05, 4.69) is 21.9 Å². The zero-order valence-electron chi connectivity index (χ0n) is 12.7. The third kappa shape index (κ3) is 2.62. The Balaban J connectivity index is 1.82. The highest BCUT2D eigenvalue weighted by molar-refractivity contribution is 7.07. The zero-order valence-corrected chi connectivity index (χ0v) is 13.6. The van der Waals surface area contributed by atoms with Gasteiger partial charge in [0.15, 0.2) is 0 Å². The van der Waals surface area contributed by atoms with Crippen molar-refractivity contribution < 1.29 is 4.79 Å². The number of carbonyl (C=O) groups is 1. The van der Waals surface area contributed by atoms with Gasteiger partial charge in [0.25, 0.3) is 0 Å². The smallest absolute Gasteiger partial charge is 0.247 e. The Morgan fingerprint density at radius 3 is 2.90 bits per heavy atom. The van der Waals surface area contributed by atoms with Crippen LogP contribution < -0.4 is 0 Å². The predicted molar refractivity (Wildman–Crippen MR) is 84.4 cm³/mol. The van der Waals surface area contributed by atoms with Gasteiger partial charge in [0.2, 0.25) is 5.91 Å². The van der Waals surface area contributed by atoms with Gasteiger partial charge in [-0.25, -0.2) is 0 Å². The SMILES string of the molecule is Cc1cc(C)n([C@@H](C)C(=O)N2CCC[C@H]2c2ccsc2)n1. The maximum Gasteiger partial charge on any atom is 0.247 e. The average Bonchev–Trinajstić information content (AvgIpc) is 3.16. The summed E-state index contributed by atoms with van der Waals surface area (Å²) < 4.78 is 1.85. The molecular weight excluding hydrogens is 282 g/mol. The van der Waals surface area contributed by atoms with Gasteiger partial charge in [0, 0.05) is 12.2 Å². The summed E-state index contributed by atoms with van der Waals surface area (Å²) in [7, 11) is 0. The van der Waals surface area contributed by atoms with Crippen LogP contribution in [0.2, 0.25) is 0 Å². The van der Waals surface area contributed by atoms with E-state index >= 15 is 0 Å². The minimum Gasteiger partial charge on any atom is -0.334 e. The summed E-state index contributed by atoms with van der Waals surface area (Å²) in [6, 6.07) is 4.15. The van der Waals surface area contributed by atoms with Crippen LogP contribution in [0, 0.1) is 13.8 Å². The number of nitrogens with zero attached hydrogens (tertiary/aromatic N) is 3. The lowest BCUT2D eigenvalue weighted by atomic mass is 10.1. The van der Waals surface area contributed by atoms with Crippen LogP contribution in [0.5, 0.6) is 0 Å². The van der Waals surface area contributed by atoms with Crippen LogP contribution in [-0.4, -0.2) is 27.1 Å². The molecule has 2 atom stereocenters. The van der Waals surface area contributed by atoms with Gasteiger partial charge in [-0.2, -0.15) is 16.4 Å². The molecule has 5 heteroatoms. The Morgan fingerprint density at radius 1 is 1.48 bits per heavy atom. The Bertz CT molecular complexity index is 632. The van der Waals surface area contributed by atoms with Crippen molar-refractivity contribution in [2.45, 2.75) is 45.7 Å². The van der Waals surface area contributed by atoms with Gasteiger partial charge >= 0.3 is 0 Å². The molecule has 1 amide bonds. The van der Waals surface area contributed by atoms with E-state index in [0.29, 0.717) is 0 Å². The molecule has 0 N–H and O–H groups in total. The first-order chi connectivity index (χ1) is 10.1. The molecule has 112 valence electrons. The number of carbonyl (C=O) groups excluding carboxylic acids is 1. The lowest BCUT2D eigenvalue weighted by molar-refractivity contribution is -0.135. The van der Waals surface area contributed by atoms with Gasteiger partial charge in [0.1, 0.15) is 6.04 Å². The second-order valence-corrected chi connectivity index (χ2v) is 6.57. The van der Waals surface area contributed by atoms with Crippen molar-refractivity contribution in [3.63, 3.8) is 0 Å². The number of aryl methyl sites for hydroxylation is 2. The molecule has 0 aromatic carbocycles. The fourth-order valence-corrected chi connectivity index (χ4v) is 3.93. The number of hydrogen-bond acceptors (Lipinski definition) is 3. The predicted octanol–water partition coefficient (Wildman–Crippen LogP) is 3.49. The van der Waals surface area contributed by atoms with E-state index in [1.54, 1.807) is 11.3 Å². The fraction of sp³-hybridized carbons (Fsp3) is 0.500. The van der Waals surface area contributed by atoms with Crippen LogP contribution in [0.3, 0.4) is 0 Å². The van der Waals surface area contributed by atoms with E-state index in [1.807, 2.05) is 36.4 Å². The maximum atomic E-state index is 12.9. The maximum absolute atomic E-state index is 12.9. The summed E-state index contributed by atoms with van der Waals surface area (Å²) in [4.78, 5) is 14.9. The van der Waals surface area contributed by atoms with Crippen molar-refractivity contribution in [3.05, 3.63) is 39.8 Å². The highest BCUT2D eigenvalue weighted by Crippen LogP contribution is 2.34. The second kappa shape index (κ2) is 5.64. The van der Waals surface area contributed by atoms with Crippen molar-refractivity contribution >= 4 is 17.2 Å². The molecule has 1 aliphatic heterocycles. The Hall–Kier alpha value is -1.62. The lowest BCUT2D eigenvalue weighted by Gasteiger charge is -2.27. The van der Waals surface area contributed by atoms with Crippen LogP contribution in [-0.2, 0) is 4.79 Å². The number of thiophene rings is 1. The van der Waals surface area contributed by atoms with Crippen molar-refractivity contribution in [3.8, 4) is 0 Å². The molecule has 2 aromatic heterocycles. The van der Waals surface area contributed by atoms with Crippen LogP contribution in [0.15, 0.2) is 22.9 Å². The first-order valence-electron chi connectivity index (χ1n) is 7.43. The minimum atomic E-state index is -0.238. The summed E-state index contributed by atoms with van der Waals surface area (Å²) >= 11 is 1.70. The highest BCUT2D eigenvalue weighted by atomic mass is 32.1. The van der Waals surface area contributed by atoms with Gasteiger partial charge in [-0.1, -0.05) is 0 Å². The third-order valence-electron chi connectivity index (χ3n) is 4.23. The average molecular weight is 303 g/mol. The first-order valence-corrected chi connectivity index (χ1v) is 8.37. The number of likely N-dealkylation sites (tertiary alicyclic amines) is 1. The fourth-order valence-electron chi connectivity index (χ4n) is 3.22. The summed E-state index contributed by atoms with van der Waals surface area (Å²) in [5.74, 6) is 0.176. The molecule has 4 nitrogen and oxygen atoms in total. The Labute approximate surface area is 129 Å². The lowest BCUT2D eigenvalue weighted by Crippen LogP contribution is -2.36. The molecule has 1 fully saturated rings. The van der Waals surface area contributed by atoms with E-state index in [4.69, 9.17) is 0 Å². The molecule has 3 heterocycles. The Morgan fingerprint density at radius 2 is 2.29 bits per heavy atom. The largest absolute Gasteiger partial charge is 0.334 e. The van der Waals surface area contributed by atoms with Crippen molar-refractivity contribution in [2.24, 2.45) is 0 Å². The van der Waals surface area contributed by atoms with Gasteiger partial charge in [-0.15, -0.1) is 0 Å². The molecule has 0 bridgehead atoms. The Kier molecular flexibility index (Phi) is 3.85. The standard InChI is InChI=1S/C16H21N3OS/c1-11-9-12(2)19(17-11)13(3)16(20)18-7-4-5-15(18)14-6-8-21-10-14/h6,8-10,13,15H,4-5,7H2,1-3H3/t13-,15-/m0/s1. The quantitative estimate of drug-likeness (QED) is 0.870. The van der Waals surface area contributed by atoms with Crippen LogP contribution >= 0.6 is 11.3 Å². The van der Waals surface area contributed by atoms with Crippen LogP contribution in [0.1, 0.15) is 48.8 Å². The molecule has 1 aliphatic rings. The highest BCUT2D eigenvalue weighted by Gasteiger charge is 2.33. The van der Waals surface area contributed by atoms with Gasteiger partial charge in [-0.05, 0) is 62.1 Å². The van der Waals surface area contributed by atoms with Crippen molar-refractivity contribution in [1.82, 2.24) is 14.7 Å². The van der Waals surface area contributed by atoms with Gasteiger partial charge in [-0.3, -0.25) is 9.48 Å². The monoisotopic (exact) mass is 303 g/mol. The van der Waals surface area contributed by atoms with Crippen molar-refractivity contribution in [1.29, 1.82) is 0 Å². The molecule has 0 saturated carbocycles. The van der Waals surface area contributed by atoms with Crippen LogP contribution in [0.4, 0.5) is 0 Å². The van der Waals surface area contributed by atoms with E-state index < -0.39 is 0 Å². The van der Waals surface area contributed by atoms with E-state index in [-0.39, 0.29) is 18.0 Å². The number of amides is 1. The normalized spacial score (nSPS) is 20.0. The summed E-state index contributed by atoms with van der Waals surface area (Å²) in [5.41, 5.74) is 3.27. The molecule has 0 spiro atoms. The van der Waals surface area contributed by atoms with Crippen molar-refractivity contribution in [2.75, 3.05) is 6.54 Å². The minimum absolute atomic E-state index is 0.176.